The van der Waals surface area contributed by atoms with Crippen LogP contribution in [0.5, 0.6) is 0 Å². The van der Waals surface area contributed by atoms with Gasteiger partial charge in [0, 0.05) is 30.6 Å². The average Bonchev–Trinajstić information content (AvgIpc) is 2.58. The molecule has 2 aromatic rings. The molecule has 1 aliphatic carbocycles. The summed E-state index contributed by atoms with van der Waals surface area (Å²) in [6, 6.07) is 9.90. The lowest BCUT2D eigenvalue weighted by Gasteiger charge is -2.25. The molecule has 3 rings (SSSR count). The molecule has 0 radical (unpaired) electrons. The zero-order chi connectivity index (χ0) is 18.4. The number of carbonyl (C=O) groups excluding carboxylic acids is 2. The van der Waals surface area contributed by atoms with Crippen LogP contribution in [0, 0.1) is 5.92 Å². The van der Waals surface area contributed by atoms with E-state index in [0.29, 0.717) is 25.3 Å². The van der Waals surface area contributed by atoms with Crippen molar-refractivity contribution in [1.29, 1.82) is 0 Å². The number of benzene rings is 1. The summed E-state index contributed by atoms with van der Waals surface area (Å²) in [5.74, 6) is 0.712. The Bertz CT molecular complexity index is 771. The Morgan fingerprint density at radius 1 is 1.23 bits per heavy atom. The lowest BCUT2D eigenvalue weighted by Crippen LogP contribution is -2.37. The molecule has 5 nitrogen and oxygen atoms in total. The van der Waals surface area contributed by atoms with Crippen LogP contribution in [0.25, 0.3) is 10.9 Å². The van der Waals surface area contributed by atoms with Gasteiger partial charge in [-0.25, -0.2) is 0 Å². The number of carbonyl (C=O) groups is 2. The summed E-state index contributed by atoms with van der Waals surface area (Å²) in [6.07, 6.45) is 7.10. The monoisotopic (exact) mass is 353 g/mol. The number of hydrogen-bond donors (Lipinski definition) is 2. The SMILES string of the molecule is CC(CCNC(=O)Cc1ccc2cccnc2c1)NC(=O)CC1CCC1. The number of rotatable bonds is 8. The van der Waals surface area contributed by atoms with Crippen molar-refractivity contribution in [2.75, 3.05) is 6.54 Å². The van der Waals surface area contributed by atoms with Gasteiger partial charge in [0.1, 0.15) is 0 Å². The highest BCUT2D eigenvalue weighted by Gasteiger charge is 2.21. The highest BCUT2D eigenvalue weighted by atomic mass is 16.2. The molecule has 1 aromatic carbocycles. The Kier molecular flexibility index (Phi) is 6.21. The maximum atomic E-state index is 12.1. The van der Waals surface area contributed by atoms with E-state index in [1.54, 1.807) is 6.20 Å². The zero-order valence-corrected chi connectivity index (χ0v) is 15.3. The molecule has 0 bridgehead atoms. The van der Waals surface area contributed by atoms with Crippen LogP contribution in [-0.2, 0) is 16.0 Å². The fraction of sp³-hybridized carbons (Fsp3) is 0.476. The minimum atomic E-state index is -0.00623. The third-order valence-electron chi connectivity index (χ3n) is 5.04. The molecule has 1 aromatic heterocycles. The van der Waals surface area contributed by atoms with E-state index in [0.717, 1.165) is 22.9 Å². The highest BCUT2D eigenvalue weighted by Crippen LogP contribution is 2.29. The summed E-state index contributed by atoms with van der Waals surface area (Å²) < 4.78 is 0. The maximum absolute atomic E-state index is 12.1. The molecule has 2 N–H and O–H groups in total. The van der Waals surface area contributed by atoms with Crippen molar-refractivity contribution in [3.63, 3.8) is 0 Å². The maximum Gasteiger partial charge on any atom is 0.224 e. The van der Waals surface area contributed by atoms with Gasteiger partial charge in [0.25, 0.3) is 0 Å². The zero-order valence-electron chi connectivity index (χ0n) is 15.3. The Morgan fingerprint density at radius 3 is 2.85 bits per heavy atom. The Labute approximate surface area is 154 Å². The van der Waals surface area contributed by atoms with Crippen LogP contribution < -0.4 is 10.6 Å². The van der Waals surface area contributed by atoms with Gasteiger partial charge in [-0.3, -0.25) is 14.6 Å². The molecule has 1 fully saturated rings. The van der Waals surface area contributed by atoms with Crippen LogP contribution in [-0.4, -0.2) is 29.4 Å². The number of fused-ring (bicyclic) bond motifs is 1. The summed E-state index contributed by atoms with van der Waals surface area (Å²) >= 11 is 0. The van der Waals surface area contributed by atoms with E-state index in [9.17, 15) is 9.59 Å². The molecule has 5 heteroatoms. The van der Waals surface area contributed by atoms with Crippen LogP contribution >= 0.6 is 0 Å². The number of hydrogen-bond acceptors (Lipinski definition) is 3. The Balaban J connectivity index is 1.37. The quantitative estimate of drug-likeness (QED) is 0.766. The summed E-state index contributed by atoms with van der Waals surface area (Å²) in [5.41, 5.74) is 1.86. The number of nitrogens with zero attached hydrogens (tertiary/aromatic N) is 1. The summed E-state index contributed by atoms with van der Waals surface area (Å²) in [5, 5.41) is 7.03. The molecule has 1 saturated carbocycles. The summed E-state index contributed by atoms with van der Waals surface area (Å²) in [6.45, 7) is 2.55. The molecule has 138 valence electrons. The van der Waals surface area contributed by atoms with E-state index >= 15 is 0 Å². The van der Waals surface area contributed by atoms with E-state index in [1.165, 1.54) is 19.3 Å². The van der Waals surface area contributed by atoms with Crippen LogP contribution in [0.4, 0.5) is 0 Å². The van der Waals surface area contributed by atoms with Gasteiger partial charge >= 0.3 is 0 Å². The van der Waals surface area contributed by atoms with Crippen molar-refractivity contribution in [2.24, 2.45) is 5.92 Å². The molecular weight excluding hydrogens is 326 g/mol. The first-order valence-corrected chi connectivity index (χ1v) is 9.50. The third-order valence-corrected chi connectivity index (χ3v) is 5.04. The topological polar surface area (TPSA) is 71.1 Å². The van der Waals surface area contributed by atoms with Crippen molar-refractivity contribution >= 4 is 22.7 Å². The van der Waals surface area contributed by atoms with E-state index in [1.807, 2.05) is 37.3 Å². The van der Waals surface area contributed by atoms with Crippen molar-refractivity contribution in [1.82, 2.24) is 15.6 Å². The summed E-state index contributed by atoms with van der Waals surface area (Å²) in [4.78, 5) is 28.3. The van der Waals surface area contributed by atoms with Gasteiger partial charge in [0.15, 0.2) is 0 Å². The van der Waals surface area contributed by atoms with Gasteiger partial charge < -0.3 is 10.6 Å². The first kappa shape index (κ1) is 18.4. The largest absolute Gasteiger partial charge is 0.356 e. The van der Waals surface area contributed by atoms with Gasteiger partial charge in [-0.1, -0.05) is 24.6 Å². The Morgan fingerprint density at radius 2 is 2.08 bits per heavy atom. The van der Waals surface area contributed by atoms with Crippen LogP contribution in [0.3, 0.4) is 0 Å². The van der Waals surface area contributed by atoms with Gasteiger partial charge in [-0.2, -0.15) is 0 Å². The van der Waals surface area contributed by atoms with Crippen LogP contribution in [0.2, 0.25) is 0 Å². The minimum Gasteiger partial charge on any atom is -0.356 e. The number of aromatic nitrogens is 1. The van der Waals surface area contributed by atoms with E-state index in [4.69, 9.17) is 0 Å². The predicted octanol–water partition coefficient (Wildman–Crippen LogP) is 2.98. The lowest BCUT2D eigenvalue weighted by atomic mass is 9.83. The molecule has 26 heavy (non-hydrogen) atoms. The second-order valence-electron chi connectivity index (χ2n) is 7.32. The van der Waals surface area contributed by atoms with E-state index in [2.05, 4.69) is 15.6 Å². The molecule has 1 atom stereocenters. The minimum absolute atomic E-state index is 0.00623. The van der Waals surface area contributed by atoms with Gasteiger partial charge in [-0.15, -0.1) is 0 Å². The molecule has 0 saturated heterocycles. The molecule has 1 unspecified atom stereocenters. The number of amides is 2. The van der Waals surface area contributed by atoms with Gasteiger partial charge in [0.05, 0.1) is 11.9 Å². The standard InChI is InChI=1S/C21H27N3O2/c1-15(24-21(26)13-16-4-2-5-16)9-11-23-20(25)14-17-7-8-18-6-3-10-22-19(18)12-17/h3,6-8,10,12,15-16H,2,4-5,9,11,13-14H2,1H3,(H,23,25)(H,24,26). The van der Waals surface area contributed by atoms with E-state index in [-0.39, 0.29) is 17.9 Å². The Hall–Kier alpha value is -2.43. The normalized spacial score (nSPS) is 15.3. The molecule has 0 aliphatic heterocycles. The van der Waals surface area contributed by atoms with Gasteiger partial charge in [-0.05, 0) is 49.8 Å². The van der Waals surface area contributed by atoms with Gasteiger partial charge in [0.2, 0.25) is 11.8 Å². The highest BCUT2D eigenvalue weighted by molar-refractivity contribution is 5.83. The van der Waals surface area contributed by atoms with E-state index < -0.39 is 0 Å². The van der Waals surface area contributed by atoms with Crippen molar-refractivity contribution in [2.45, 2.75) is 51.5 Å². The predicted molar refractivity (Wildman–Crippen MR) is 103 cm³/mol. The second-order valence-corrected chi connectivity index (χ2v) is 7.32. The number of pyridine rings is 1. The third kappa shape index (κ3) is 5.28. The fourth-order valence-corrected chi connectivity index (χ4v) is 3.26. The first-order valence-electron chi connectivity index (χ1n) is 9.50. The van der Waals surface area contributed by atoms with Crippen LogP contribution in [0.15, 0.2) is 36.5 Å². The first-order chi connectivity index (χ1) is 12.6. The van der Waals surface area contributed by atoms with Crippen LogP contribution in [0.1, 0.15) is 44.6 Å². The van der Waals surface area contributed by atoms with Crippen molar-refractivity contribution in [3.8, 4) is 0 Å². The molecule has 0 spiro atoms. The molecule has 1 heterocycles. The molecular formula is C21H27N3O2. The van der Waals surface area contributed by atoms with Crippen molar-refractivity contribution < 1.29 is 9.59 Å². The average molecular weight is 353 g/mol. The molecule has 2 amide bonds. The second kappa shape index (κ2) is 8.79. The molecule has 1 aliphatic rings. The smallest absolute Gasteiger partial charge is 0.224 e. The number of nitrogens with one attached hydrogen (secondary N) is 2. The summed E-state index contributed by atoms with van der Waals surface area (Å²) in [7, 11) is 0. The lowest BCUT2D eigenvalue weighted by molar-refractivity contribution is -0.123. The van der Waals surface area contributed by atoms with Crippen molar-refractivity contribution in [3.05, 3.63) is 42.1 Å². The fourth-order valence-electron chi connectivity index (χ4n) is 3.26.